The van der Waals surface area contributed by atoms with Gasteiger partial charge in [0, 0.05) is 17.6 Å². The first kappa shape index (κ1) is 12.8. The van der Waals surface area contributed by atoms with Gasteiger partial charge in [-0.05, 0) is 30.3 Å². The minimum Gasteiger partial charge on any atom is -0.497 e. The zero-order chi connectivity index (χ0) is 14.1. The minimum atomic E-state index is 0.587. The Bertz CT molecular complexity index is 768. The highest BCUT2D eigenvalue weighted by atomic mass is 35.5. The van der Waals surface area contributed by atoms with Crippen LogP contribution < -0.4 is 9.47 Å². The molecule has 0 saturated heterocycles. The maximum atomic E-state index is 6.26. The Morgan fingerprint density at radius 2 is 1.70 bits per heavy atom. The van der Waals surface area contributed by atoms with Gasteiger partial charge in [-0.25, -0.2) is 4.68 Å². The summed E-state index contributed by atoms with van der Waals surface area (Å²) in [5, 5.41) is 6.09. The summed E-state index contributed by atoms with van der Waals surface area (Å²) in [6.07, 6.45) is 1.92. The first-order valence-electron chi connectivity index (χ1n) is 6.08. The van der Waals surface area contributed by atoms with Gasteiger partial charge in [-0.1, -0.05) is 11.6 Å². The highest BCUT2D eigenvalue weighted by Gasteiger charge is 2.08. The molecule has 0 aliphatic heterocycles. The third-order valence-electron chi connectivity index (χ3n) is 3.11. The summed E-state index contributed by atoms with van der Waals surface area (Å²) >= 11 is 6.26. The van der Waals surface area contributed by atoms with Crippen LogP contribution in [-0.4, -0.2) is 24.0 Å². The minimum absolute atomic E-state index is 0.587. The van der Waals surface area contributed by atoms with Crippen LogP contribution in [0.15, 0.2) is 42.6 Å². The lowest BCUT2D eigenvalue weighted by molar-refractivity contribution is 0.414. The third-order valence-corrected chi connectivity index (χ3v) is 3.42. The van der Waals surface area contributed by atoms with Crippen LogP contribution in [0.2, 0.25) is 5.02 Å². The van der Waals surface area contributed by atoms with Gasteiger partial charge in [-0.15, -0.1) is 0 Å². The molecule has 1 heterocycles. The quantitative estimate of drug-likeness (QED) is 0.737. The number of methoxy groups -OCH3 is 2. The fourth-order valence-corrected chi connectivity index (χ4v) is 2.31. The van der Waals surface area contributed by atoms with E-state index in [1.54, 1.807) is 25.0 Å². The number of fused-ring (bicyclic) bond motifs is 1. The molecule has 0 saturated carbocycles. The predicted molar refractivity (Wildman–Crippen MR) is 79.2 cm³/mol. The zero-order valence-corrected chi connectivity index (χ0v) is 11.9. The van der Waals surface area contributed by atoms with Gasteiger partial charge >= 0.3 is 0 Å². The molecule has 1 aromatic heterocycles. The van der Waals surface area contributed by atoms with Crippen LogP contribution >= 0.6 is 11.6 Å². The van der Waals surface area contributed by atoms with Crippen molar-refractivity contribution in [2.24, 2.45) is 0 Å². The number of nitrogens with zero attached hydrogens (tertiary/aromatic N) is 2. The molecule has 4 nitrogen and oxygen atoms in total. The summed E-state index contributed by atoms with van der Waals surface area (Å²) in [5.41, 5.74) is 1.69. The Morgan fingerprint density at radius 1 is 1.00 bits per heavy atom. The average Bonchev–Trinajstić information content (AvgIpc) is 2.89. The summed E-state index contributed by atoms with van der Waals surface area (Å²) in [6, 6.07) is 11.2. The second-order valence-corrected chi connectivity index (χ2v) is 4.72. The smallest absolute Gasteiger partial charge is 0.120 e. The van der Waals surface area contributed by atoms with Crippen molar-refractivity contribution < 1.29 is 9.47 Å². The van der Waals surface area contributed by atoms with Crippen molar-refractivity contribution in [2.75, 3.05) is 14.2 Å². The van der Waals surface area contributed by atoms with Crippen LogP contribution in [0.4, 0.5) is 0 Å². The molecule has 0 bridgehead atoms. The van der Waals surface area contributed by atoms with Gasteiger partial charge in [0.2, 0.25) is 0 Å². The molecule has 0 atom stereocenters. The molecule has 0 unspecified atom stereocenters. The second-order valence-electron chi connectivity index (χ2n) is 4.32. The lowest BCUT2D eigenvalue weighted by Crippen LogP contribution is -1.95. The van der Waals surface area contributed by atoms with E-state index < -0.39 is 0 Å². The normalized spacial score (nSPS) is 10.8. The standard InChI is InChI=1S/C15H13ClN2O2/c1-19-11-3-5-14-10(7-11)9-18(17-14)15-6-4-12(20-2)8-13(15)16/h3-9H,1-2H3. The largest absolute Gasteiger partial charge is 0.497 e. The van der Waals surface area contributed by atoms with Crippen LogP contribution in [0.3, 0.4) is 0 Å². The van der Waals surface area contributed by atoms with E-state index in [0.29, 0.717) is 5.02 Å². The molecule has 20 heavy (non-hydrogen) atoms. The van der Waals surface area contributed by atoms with Gasteiger partial charge in [0.15, 0.2) is 0 Å². The molecule has 0 amide bonds. The molecule has 0 aliphatic rings. The summed E-state index contributed by atoms with van der Waals surface area (Å²) in [7, 11) is 3.26. The van der Waals surface area contributed by atoms with E-state index in [-0.39, 0.29) is 0 Å². The lowest BCUT2D eigenvalue weighted by atomic mass is 10.2. The monoisotopic (exact) mass is 288 g/mol. The maximum Gasteiger partial charge on any atom is 0.120 e. The molecule has 2 aromatic carbocycles. The second kappa shape index (κ2) is 5.06. The Kier molecular flexibility index (Phi) is 3.24. The molecule has 0 radical (unpaired) electrons. The van der Waals surface area contributed by atoms with E-state index in [2.05, 4.69) is 5.10 Å². The number of ether oxygens (including phenoxy) is 2. The summed E-state index contributed by atoms with van der Waals surface area (Å²) < 4.78 is 12.1. The summed E-state index contributed by atoms with van der Waals surface area (Å²) in [4.78, 5) is 0. The van der Waals surface area contributed by atoms with Crippen molar-refractivity contribution in [3.8, 4) is 17.2 Å². The van der Waals surface area contributed by atoms with Crippen molar-refractivity contribution in [2.45, 2.75) is 0 Å². The number of benzene rings is 2. The molecule has 5 heteroatoms. The molecule has 3 rings (SSSR count). The molecule has 0 aliphatic carbocycles. The van der Waals surface area contributed by atoms with Crippen LogP contribution in [0.25, 0.3) is 16.6 Å². The van der Waals surface area contributed by atoms with E-state index >= 15 is 0 Å². The van der Waals surface area contributed by atoms with Crippen molar-refractivity contribution in [3.63, 3.8) is 0 Å². The average molecular weight is 289 g/mol. The molecule has 0 spiro atoms. The number of hydrogen-bond acceptors (Lipinski definition) is 3. The lowest BCUT2D eigenvalue weighted by Gasteiger charge is -2.06. The first-order valence-corrected chi connectivity index (χ1v) is 6.46. The Balaban J connectivity index is 2.10. The molecule has 0 fully saturated rings. The Morgan fingerprint density at radius 3 is 2.40 bits per heavy atom. The number of hydrogen-bond donors (Lipinski definition) is 0. The number of halogens is 1. The SMILES string of the molecule is COc1ccc(-n2cc3cc(OC)ccc3n2)c(Cl)c1. The van der Waals surface area contributed by atoms with Crippen molar-refractivity contribution in [1.29, 1.82) is 0 Å². The van der Waals surface area contributed by atoms with Crippen molar-refractivity contribution >= 4 is 22.5 Å². The predicted octanol–water partition coefficient (Wildman–Crippen LogP) is 3.70. The molecule has 102 valence electrons. The topological polar surface area (TPSA) is 36.3 Å². The van der Waals surface area contributed by atoms with E-state index in [1.165, 1.54) is 0 Å². The molecular formula is C15H13ClN2O2. The zero-order valence-electron chi connectivity index (χ0n) is 11.1. The van der Waals surface area contributed by atoms with Crippen molar-refractivity contribution in [1.82, 2.24) is 9.78 Å². The Hall–Kier alpha value is -2.20. The highest BCUT2D eigenvalue weighted by molar-refractivity contribution is 6.32. The Labute approximate surface area is 121 Å². The summed E-state index contributed by atoms with van der Waals surface area (Å²) in [5.74, 6) is 1.52. The first-order chi connectivity index (χ1) is 9.71. The van der Waals surface area contributed by atoms with Gasteiger partial charge in [0.1, 0.15) is 11.5 Å². The third kappa shape index (κ3) is 2.18. The number of aromatic nitrogens is 2. The van der Waals surface area contributed by atoms with E-state index in [9.17, 15) is 0 Å². The van der Waals surface area contributed by atoms with E-state index in [0.717, 1.165) is 28.1 Å². The fraction of sp³-hybridized carbons (Fsp3) is 0.133. The van der Waals surface area contributed by atoms with Crippen LogP contribution in [0.5, 0.6) is 11.5 Å². The fourth-order valence-electron chi connectivity index (χ4n) is 2.05. The van der Waals surface area contributed by atoms with E-state index in [4.69, 9.17) is 21.1 Å². The van der Waals surface area contributed by atoms with Gasteiger partial charge in [-0.3, -0.25) is 0 Å². The van der Waals surface area contributed by atoms with Gasteiger partial charge in [0.25, 0.3) is 0 Å². The van der Waals surface area contributed by atoms with Crippen LogP contribution in [0, 0.1) is 0 Å². The molecular weight excluding hydrogens is 276 g/mol. The summed E-state index contributed by atoms with van der Waals surface area (Å²) in [6.45, 7) is 0. The molecule has 0 N–H and O–H groups in total. The van der Waals surface area contributed by atoms with E-state index in [1.807, 2.05) is 36.5 Å². The van der Waals surface area contributed by atoms with Gasteiger partial charge < -0.3 is 9.47 Å². The molecule has 3 aromatic rings. The van der Waals surface area contributed by atoms with Gasteiger partial charge in [-0.2, -0.15) is 5.10 Å². The van der Waals surface area contributed by atoms with Crippen molar-refractivity contribution in [3.05, 3.63) is 47.6 Å². The van der Waals surface area contributed by atoms with Gasteiger partial charge in [0.05, 0.1) is 30.4 Å². The maximum absolute atomic E-state index is 6.26. The van der Waals surface area contributed by atoms with Crippen LogP contribution in [0.1, 0.15) is 0 Å². The number of rotatable bonds is 3. The van der Waals surface area contributed by atoms with Crippen LogP contribution in [-0.2, 0) is 0 Å². The highest BCUT2D eigenvalue weighted by Crippen LogP contribution is 2.27.